The number of pyridine rings is 1. The molecule has 1 rings (SSSR count). The maximum atomic E-state index is 11.1. The highest BCUT2D eigenvalue weighted by Gasteiger charge is 2.02. The van der Waals surface area contributed by atoms with Gasteiger partial charge in [0.05, 0.1) is 18.4 Å². The summed E-state index contributed by atoms with van der Waals surface area (Å²) in [5, 5.41) is 5.44. The Morgan fingerprint density at radius 1 is 1.64 bits per heavy atom. The van der Waals surface area contributed by atoms with E-state index in [0.29, 0.717) is 12.2 Å². The summed E-state index contributed by atoms with van der Waals surface area (Å²) < 4.78 is 0. The van der Waals surface area contributed by atoms with E-state index in [4.69, 9.17) is 6.42 Å². The minimum absolute atomic E-state index is 0.200. The predicted molar refractivity (Wildman–Crippen MR) is 54.9 cm³/mol. The fraction of sp³-hybridized carbons (Fsp3) is 0.200. The topological polar surface area (TPSA) is 54.0 Å². The molecule has 0 saturated heterocycles. The first-order valence-electron chi connectivity index (χ1n) is 4.13. The van der Waals surface area contributed by atoms with Gasteiger partial charge < -0.3 is 10.6 Å². The van der Waals surface area contributed by atoms with Gasteiger partial charge >= 0.3 is 0 Å². The fourth-order valence-electron chi connectivity index (χ4n) is 0.914. The Morgan fingerprint density at radius 3 is 2.93 bits per heavy atom. The highest BCUT2D eigenvalue weighted by Crippen LogP contribution is 2.05. The molecule has 4 nitrogen and oxygen atoms in total. The summed E-state index contributed by atoms with van der Waals surface area (Å²) in [6, 6.07) is 3.40. The van der Waals surface area contributed by atoms with Crippen molar-refractivity contribution in [3.8, 4) is 12.3 Å². The smallest absolute Gasteiger partial charge is 0.269 e. The zero-order chi connectivity index (χ0) is 10.4. The summed E-state index contributed by atoms with van der Waals surface area (Å²) >= 11 is 0. The number of hydrogen-bond donors (Lipinski definition) is 2. The van der Waals surface area contributed by atoms with E-state index < -0.39 is 0 Å². The van der Waals surface area contributed by atoms with Crippen LogP contribution in [0.4, 0.5) is 5.69 Å². The fourth-order valence-corrected chi connectivity index (χ4v) is 0.914. The van der Waals surface area contributed by atoms with Crippen molar-refractivity contribution >= 4 is 11.6 Å². The first-order chi connectivity index (χ1) is 6.77. The van der Waals surface area contributed by atoms with Crippen molar-refractivity contribution < 1.29 is 4.79 Å². The molecule has 0 saturated carbocycles. The van der Waals surface area contributed by atoms with Crippen LogP contribution in [0.5, 0.6) is 0 Å². The van der Waals surface area contributed by atoms with Gasteiger partial charge in [0.15, 0.2) is 0 Å². The summed E-state index contributed by atoms with van der Waals surface area (Å²) in [5.74, 6) is 2.25. The van der Waals surface area contributed by atoms with Gasteiger partial charge in [-0.05, 0) is 12.1 Å². The molecule has 0 unspecified atom stereocenters. The van der Waals surface area contributed by atoms with Gasteiger partial charge in [-0.1, -0.05) is 5.92 Å². The van der Waals surface area contributed by atoms with Crippen LogP contribution in [-0.4, -0.2) is 24.5 Å². The lowest BCUT2D eigenvalue weighted by Crippen LogP contribution is -2.19. The first-order valence-corrected chi connectivity index (χ1v) is 4.13. The zero-order valence-corrected chi connectivity index (χ0v) is 7.87. The minimum atomic E-state index is -0.200. The third kappa shape index (κ3) is 2.49. The maximum Gasteiger partial charge on any atom is 0.269 e. The number of nitrogens with one attached hydrogen (secondary N) is 2. The molecule has 0 fully saturated rings. The number of aromatic nitrogens is 1. The van der Waals surface area contributed by atoms with E-state index in [1.165, 1.54) is 0 Å². The largest absolute Gasteiger partial charge is 0.373 e. The number of anilines is 1. The van der Waals surface area contributed by atoms with Crippen LogP contribution in [0, 0.1) is 12.3 Å². The van der Waals surface area contributed by atoms with Gasteiger partial charge in [-0.25, -0.2) is 4.98 Å². The van der Waals surface area contributed by atoms with Crippen molar-refractivity contribution in [2.45, 2.75) is 0 Å². The molecule has 72 valence electrons. The van der Waals surface area contributed by atoms with Crippen LogP contribution in [0.25, 0.3) is 0 Å². The Kier molecular flexibility index (Phi) is 3.50. The van der Waals surface area contributed by atoms with Gasteiger partial charge in [0.1, 0.15) is 5.69 Å². The number of rotatable bonds is 3. The van der Waals surface area contributed by atoms with Crippen LogP contribution in [-0.2, 0) is 0 Å². The molecule has 0 radical (unpaired) electrons. The third-order valence-electron chi connectivity index (χ3n) is 1.62. The number of nitrogens with zero attached hydrogens (tertiary/aromatic N) is 1. The van der Waals surface area contributed by atoms with Crippen LogP contribution in [0.15, 0.2) is 18.3 Å². The normalized spacial score (nSPS) is 8.86. The van der Waals surface area contributed by atoms with Crippen molar-refractivity contribution in [2.24, 2.45) is 0 Å². The van der Waals surface area contributed by atoms with Crippen LogP contribution >= 0.6 is 0 Å². The second-order valence-corrected chi connectivity index (χ2v) is 2.57. The SMILES string of the molecule is C#CCNc1ccc(C(=O)NC)nc1. The first kappa shape index (κ1) is 10.1. The molecule has 1 aromatic rings. The quantitative estimate of drug-likeness (QED) is 0.680. The lowest BCUT2D eigenvalue weighted by atomic mass is 10.3. The molecule has 1 aromatic heterocycles. The lowest BCUT2D eigenvalue weighted by Gasteiger charge is -2.02. The van der Waals surface area contributed by atoms with Gasteiger partial charge in [-0.15, -0.1) is 6.42 Å². The van der Waals surface area contributed by atoms with E-state index in [9.17, 15) is 4.79 Å². The standard InChI is InChI=1S/C10H11N3O/c1-3-6-12-8-4-5-9(13-7-8)10(14)11-2/h1,4-5,7,12H,6H2,2H3,(H,11,14). The summed E-state index contributed by atoms with van der Waals surface area (Å²) in [5.41, 5.74) is 1.19. The van der Waals surface area contributed by atoms with E-state index >= 15 is 0 Å². The molecule has 0 aliphatic heterocycles. The predicted octanol–water partition coefficient (Wildman–Crippen LogP) is 0.486. The second-order valence-electron chi connectivity index (χ2n) is 2.57. The van der Waals surface area contributed by atoms with Crippen molar-refractivity contribution in [3.05, 3.63) is 24.0 Å². The van der Waals surface area contributed by atoms with E-state index in [2.05, 4.69) is 21.5 Å². The highest BCUT2D eigenvalue weighted by atomic mass is 16.1. The molecule has 0 spiro atoms. The lowest BCUT2D eigenvalue weighted by molar-refractivity contribution is 0.0958. The molecule has 2 N–H and O–H groups in total. The Bertz CT molecular complexity index is 351. The molecular formula is C10H11N3O. The Balaban J connectivity index is 2.69. The third-order valence-corrected chi connectivity index (χ3v) is 1.62. The van der Waals surface area contributed by atoms with Gasteiger partial charge in [0, 0.05) is 7.05 Å². The number of terminal acetylenes is 1. The van der Waals surface area contributed by atoms with Crippen molar-refractivity contribution in [1.82, 2.24) is 10.3 Å². The molecule has 14 heavy (non-hydrogen) atoms. The molecule has 1 heterocycles. The highest BCUT2D eigenvalue weighted by molar-refractivity contribution is 5.92. The second kappa shape index (κ2) is 4.87. The molecule has 4 heteroatoms. The van der Waals surface area contributed by atoms with E-state index in [0.717, 1.165) is 5.69 Å². The molecule has 0 atom stereocenters. The minimum Gasteiger partial charge on any atom is -0.373 e. The monoisotopic (exact) mass is 189 g/mol. The van der Waals surface area contributed by atoms with E-state index in [1.54, 1.807) is 25.4 Å². The number of carbonyl (C=O) groups is 1. The van der Waals surface area contributed by atoms with Crippen LogP contribution in [0.3, 0.4) is 0 Å². The van der Waals surface area contributed by atoms with Crippen molar-refractivity contribution in [1.29, 1.82) is 0 Å². The van der Waals surface area contributed by atoms with Crippen LogP contribution < -0.4 is 10.6 Å². The maximum absolute atomic E-state index is 11.1. The molecular weight excluding hydrogens is 178 g/mol. The van der Waals surface area contributed by atoms with Gasteiger partial charge in [0.25, 0.3) is 5.91 Å². The van der Waals surface area contributed by atoms with Gasteiger partial charge in [0.2, 0.25) is 0 Å². The van der Waals surface area contributed by atoms with Gasteiger partial charge in [-0.2, -0.15) is 0 Å². The molecule has 1 amide bonds. The molecule has 0 aromatic carbocycles. The molecule has 0 bridgehead atoms. The van der Waals surface area contributed by atoms with Crippen molar-refractivity contribution in [2.75, 3.05) is 18.9 Å². The van der Waals surface area contributed by atoms with Gasteiger partial charge in [-0.3, -0.25) is 4.79 Å². The summed E-state index contributed by atoms with van der Waals surface area (Å²) in [4.78, 5) is 15.1. The molecule has 0 aliphatic rings. The Hall–Kier alpha value is -2.02. The number of carbonyl (C=O) groups excluding carboxylic acids is 1. The average molecular weight is 189 g/mol. The molecule has 0 aliphatic carbocycles. The van der Waals surface area contributed by atoms with Crippen LogP contribution in [0.1, 0.15) is 10.5 Å². The average Bonchev–Trinajstić information content (AvgIpc) is 2.26. The number of amides is 1. The summed E-state index contributed by atoms with van der Waals surface area (Å²) in [6.07, 6.45) is 6.65. The summed E-state index contributed by atoms with van der Waals surface area (Å²) in [7, 11) is 1.56. The Labute approximate surface area is 82.7 Å². The summed E-state index contributed by atoms with van der Waals surface area (Å²) in [6.45, 7) is 0.445. The van der Waals surface area contributed by atoms with E-state index in [1.807, 2.05) is 0 Å². The Morgan fingerprint density at radius 2 is 2.43 bits per heavy atom. The zero-order valence-electron chi connectivity index (χ0n) is 7.87. The van der Waals surface area contributed by atoms with E-state index in [-0.39, 0.29) is 5.91 Å². The number of hydrogen-bond acceptors (Lipinski definition) is 3. The van der Waals surface area contributed by atoms with Crippen molar-refractivity contribution in [3.63, 3.8) is 0 Å². The van der Waals surface area contributed by atoms with Crippen LogP contribution in [0.2, 0.25) is 0 Å².